The number of nitrogens with zero attached hydrogens (tertiary/aromatic N) is 1. The summed E-state index contributed by atoms with van der Waals surface area (Å²) in [6.07, 6.45) is 1.55. The molecule has 0 bridgehead atoms. The lowest BCUT2D eigenvalue weighted by molar-refractivity contribution is -0.122. The van der Waals surface area contributed by atoms with Gasteiger partial charge < -0.3 is 4.74 Å². The van der Waals surface area contributed by atoms with Crippen LogP contribution in [0.3, 0.4) is 0 Å². The van der Waals surface area contributed by atoms with E-state index in [2.05, 4.69) is 21.2 Å². The molecule has 1 aliphatic rings. The molecule has 0 saturated carbocycles. The molecule has 0 aromatic heterocycles. The molecule has 0 atom stereocenters. The van der Waals surface area contributed by atoms with Gasteiger partial charge in [0.25, 0.3) is 11.8 Å². The Hall–Kier alpha value is -3.29. The third-order valence-electron chi connectivity index (χ3n) is 4.36. The van der Waals surface area contributed by atoms with Gasteiger partial charge in [0.15, 0.2) is 5.11 Å². The Balaban J connectivity index is 1.59. The molecule has 148 valence electrons. The standard InChI is InChI=1S/C23H15BrN2O3S/c24-16-8-6-15(7-9-16)14-20-21(27)25-23(30)26(22(20)28)17-10-12-19(13-11-17)29-18-4-2-1-3-5-18/h1-14H,(H,25,27,30)/b20-14+. The van der Waals surface area contributed by atoms with Gasteiger partial charge in [0.2, 0.25) is 0 Å². The zero-order chi connectivity index (χ0) is 21.1. The van der Waals surface area contributed by atoms with Crippen molar-refractivity contribution in [2.75, 3.05) is 4.90 Å². The van der Waals surface area contributed by atoms with Crippen molar-refractivity contribution in [2.45, 2.75) is 0 Å². The first kappa shape index (κ1) is 20.0. The summed E-state index contributed by atoms with van der Waals surface area (Å²) in [6.45, 7) is 0. The van der Waals surface area contributed by atoms with Gasteiger partial charge in [0.1, 0.15) is 17.1 Å². The second-order valence-electron chi connectivity index (χ2n) is 6.42. The number of thiocarbonyl (C=S) groups is 1. The van der Waals surface area contributed by atoms with Crippen LogP contribution < -0.4 is 15.0 Å². The van der Waals surface area contributed by atoms with Crippen molar-refractivity contribution in [2.24, 2.45) is 0 Å². The largest absolute Gasteiger partial charge is 0.457 e. The Labute approximate surface area is 187 Å². The molecular weight excluding hydrogens is 464 g/mol. The topological polar surface area (TPSA) is 58.6 Å². The first-order chi connectivity index (χ1) is 14.5. The van der Waals surface area contributed by atoms with Crippen LogP contribution >= 0.6 is 28.1 Å². The van der Waals surface area contributed by atoms with Crippen LogP contribution in [0.2, 0.25) is 0 Å². The highest BCUT2D eigenvalue weighted by atomic mass is 79.9. The summed E-state index contributed by atoms with van der Waals surface area (Å²) in [7, 11) is 0. The predicted octanol–water partition coefficient (Wildman–Crippen LogP) is 5.07. The maximum absolute atomic E-state index is 13.1. The Bertz CT molecular complexity index is 1140. The van der Waals surface area contributed by atoms with Crippen LogP contribution in [0.4, 0.5) is 5.69 Å². The van der Waals surface area contributed by atoms with E-state index in [1.165, 1.54) is 4.90 Å². The van der Waals surface area contributed by atoms with Crippen molar-refractivity contribution in [1.29, 1.82) is 0 Å². The average Bonchev–Trinajstić information content (AvgIpc) is 2.74. The maximum Gasteiger partial charge on any atom is 0.270 e. The van der Waals surface area contributed by atoms with Gasteiger partial charge in [0.05, 0.1) is 5.69 Å². The lowest BCUT2D eigenvalue weighted by Crippen LogP contribution is -2.54. The van der Waals surface area contributed by atoms with Crippen molar-refractivity contribution in [3.8, 4) is 11.5 Å². The quantitative estimate of drug-likeness (QED) is 0.323. The van der Waals surface area contributed by atoms with Gasteiger partial charge in [-0.15, -0.1) is 0 Å². The Morgan fingerprint density at radius 2 is 1.50 bits per heavy atom. The minimum atomic E-state index is -0.520. The number of anilines is 1. The Morgan fingerprint density at radius 3 is 2.17 bits per heavy atom. The monoisotopic (exact) mass is 478 g/mol. The molecule has 2 amide bonds. The number of amides is 2. The molecule has 0 radical (unpaired) electrons. The van der Waals surface area contributed by atoms with E-state index >= 15 is 0 Å². The molecule has 1 fully saturated rings. The number of para-hydroxylation sites is 1. The second kappa shape index (κ2) is 8.61. The zero-order valence-electron chi connectivity index (χ0n) is 15.5. The van der Waals surface area contributed by atoms with E-state index in [0.29, 0.717) is 17.2 Å². The van der Waals surface area contributed by atoms with Crippen molar-refractivity contribution in [3.05, 3.63) is 94.5 Å². The molecule has 30 heavy (non-hydrogen) atoms. The first-order valence-corrected chi connectivity index (χ1v) is 10.2. The Morgan fingerprint density at radius 1 is 0.867 bits per heavy atom. The normalized spacial score (nSPS) is 15.3. The Kier molecular flexibility index (Phi) is 5.74. The smallest absolute Gasteiger partial charge is 0.270 e. The van der Waals surface area contributed by atoms with Gasteiger partial charge in [-0.2, -0.15) is 0 Å². The molecule has 3 aromatic carbocycles. The molecule has 0 unspecified atom stereocenters. The molecule has 1 N–H and O–H groups in total. The minimum Gasteiger partial charge on any atom is -0.457 e. The molecule has 1 aliphatic heterocycles. The first-order valence-electron chi connectivity index (χ1n) is 9.01. The van der Waals surface area contributed by atoms with Crippen LogP contribution in [-0.2, 0) is 9.59 Å². The number of halogens is 1. The summed E-state index contributed by atoms with van der Waals surface area (Å²) in [6, 6.07) is 23.6. The fraction of sp³-hybridized carbons (Fsp3) is 0. The van der Waals surface area contributed by atoms with E-state index in [1.54, 1.807) is 30.3 Å². The highest BCUT2D eigenvalue weighted by Crippen LogP contribution is 2.27. The number of nitrogens with one attached hydrogen (secondary N) is 1. The highest BCUT2D eigenvalue weighted by Gasteiger charge is 2.34. The third kappa shape index (κ3) is 4.32. The number of hydrogen-bond acceptors (Lipinski definition) is 4. The van der Waals surface area contributed by atoms with Gasteiger partial charge in [-0.25, -0.2) is 0 Å². The lowest BCUT2D eigenvalue weighted by atomic mass is 10.1. The van der Waals surface area contributed by atoms with Crippen molar-refractivity contribution in [1.82, 2.24) is 5.32 Å². The highest BCUT2D eigenvalue weighted by molar-refractivity contribution is 9.10. The third-order valence-corrected chi connectivity index (χ3v) is 5.17. The van der Waals surface area contributed by atoms with Crippen LogP contribution in [0.5, 0.6) is 11.5 Å². The molecule has 0 aliphatic carbocycles. The maximum atomic E-state index is 13.1. The van der Waals surface area contributed by atoms with Gasteiger partial charge in [-0.1, -0.05) is 46.3 Å². The number of rotatable bonds is 4. The summed E-state index contributed by atoms with van der Waals surface area (Å²) in [5.74, 6) is 0.327. The zero-order valence-corrected chi connectivity index (χ0v) is 17.9. The second-order valence-corrected chi connectivity index (χ2v) is 7.72. The van der Waals surface area contributed by atoms with Gasteiger partial charge >= 0.3 is 0 Å². The van der Waals surface area contributed by atoms with Crippen molar-refractivity contribution >= 4 is 56.8 Å². The molecule has 0 spiro atoms. The molecule has 5 nitrogen and oxygen atoms in total. The summed E-state index contributed by atoms with van der Waals surface area (Å²) in [5.41, 5.74) is 1.28. The van der Waals surface area contributed by atoms with E-state index in [9.17, 15) is 9.59 Å². The summed E-state index contributed by atoms with van der Waals surface area (Å²) in [4.78, 5) is 26.7. The molecule has 7 heteroatoms. The van der Waals surface area contributed by atoms with Gasteiger partial charge in [-0.3, -0.25) is 19.8 Å². The van der Waals surface area contributed by atoms with E-state index < -0.39 is 11.8 Å². The number of carbonyl (C=O) groups is 2. The number of carbonyl (C=O) groups excluding carboxylic acids is 2. The van der Waals surface area contributed by atoms with Crippen LogP contribution in [0.25, 0.3) is 6.08 Å². The predicted molar refractivity (Wildman–Crippen MR) is 123 cm³/mol. The van der Waals surface area contributed by atoms with E-state index in [0.717, 1.165) is 10.0 Å². The molecular formula is C23H15BrN2O3S. The van der Waals surface area contributed by atoms with E-state index in [4.69, 9.17) is 17.0 Å². The van der Waals surface area contributed by atoms with E-state index in [-0.39, 0.29) is 10.7 Å². The lowest BCUT2D eigenvalue weighted by Gasteiger charge is -2.29. The number of hydrogen-bond donors (Lipinski definition) is 1. The number of benzene rings is 3. The van der Waals surface area contributed by atoms with Gasteiger partial charge in [0, 0.05) is 4.47 Å². The van der Waals surface area contributed by atoms with E-state index in [1.807, 2.05) is 54.6 Å². The van der Waals surface area contributed by atoms with Crippen molar-refractivity contribution < 1.29 is 14.3 Å². The van der Waals surface area contributed by atoms with Crippen LogP contribution in [-0.4, -0.2) is 16.9 Å². The summed E-state index contributed by atoms with van der Waals surface area (Å²) in [5, 5.41) is 2.62. The molecule has 1 saturated heterocycles. The minimum absolute atomic E-state index is 0.00975. The molecule has 1 heterocycles. The fourth-order valence-corrected chi connectivity index (χ4v) is 3.45. The fourth-order valence-electron chi connectivity index (χ4n) is 2.91. The van der Waals surface area contributed by atoms with Gasteiger partial charge in [-0.05, 0) is 72.4 Å². The summed E-state index contributed by atoms with van der Waals surface area (Å²) >= 11 is 8.61. The molecule has 4 rings (SSSR count). The van der Waals surface area contributed by atoms with Crippen LogP contribution in [0.15, 0.2) is 88.9 Å². The molecule has 3 aromatic rings. The SMILES string of the molecule is O=C1NC(=S)N(c2ccc(Oc3ccccc3)cc2)C(=O)/C1=C/c1ccc(Br)cc1. The number of ether oxygens (including phenoxy) is 1. The average molecular weight is 479 g/mol. The van der Waals surface area contributed by atoms with Crippen LogP contribution in [0.1, 0.15) is 5.56 Å². The van der Waals surface area contributed by atoms with Crippen molar-refractivity contribution in [3.63, 3.8) is 0 Å². The van der Waals surface area contributed by atoms with Crippen LogP contribution in [0, 0.1) is 0 Å². The summed E-state index contributed by atoms with van der Waals surface area (Å²) < 4.78 is 6.69.